The molecule has 0 aliphatic rings. The zero-order valence-corrected chi connectivity index (χ0v) is 15.8. The van der Waals surface area contributed by atoms with Crippen molar-refractivity contribution in [1.29, 1.82) is 0 Å². The van der Waals surface area contributed by atoms with Gasteiger partial charge in [-0.05, 0) is 36.6 Å². The van der Waals surface area contributed by atoms with Crippen LogP contribution in [0, 0.1) is 6.92 Å². The van der Waals surface area contributed by atoms with E-state index in [-0.39, 0.29) is 18.0 Å². The molecule has 9 heteroatoms. The summed E-state index contributed by atoms with van der Waals surface area (Å²) < 4.78 is 1.96. The Bertz CT molecular complexity index is 1200. The summed E-state index contributed by atoms with van der Waals surface area (Å²) in [5.74, 6) is 0.177. The van der Waals surface area contributed by atoms with Crippen molar-refractivity contribution < 1.29 is 4.79 Å². The number of anilines is 1. The van der Waals surface area contributed by atoms with Crippen LogP contribution in [0.5, 0.6) is 0 Å². The Labute approximate surface area is 162 Å². The summed E-state index contributed by atoms with van der Waals surface area (Å²) in [6, 6.07) is 10.7. The summed E-state index contributed by atoms with van der Waals surface area (Å²) in [6.45, 7) is 1.87. The fourth-order valence-corrected chi connectivity index (χ4v) is 4.00. The van der Waals surface area contributed by atoms with Gasteiger partial charge in [-0.2, -0.15) is 5.10 Å². The molecule has 4 rings (SSSR count). The molecule has 0 fully saturated rings. The highest BCUT2D eigenvalue weighted by Gasteiger charge is 2.16. The molecule has 0 saturated heterocycles. The Morgan fingerprint density at radius 2 is 2.15 bits per heavy atom. The number of aromatic nitrogens is 4. The van der Waals surface area contributed by atoms with Crippen molar-refractivity contribution in [2.45, 2.75) is 13.5 Å². The lowest BCUT2D eigenvalue weighted by molar-refractivity contribution is -0.116. The number of benzene rings is 1. The van der Waals surface area contributed by atoms with Crippen LogP contribution in [0.1, 0.15) is 5.56 Å². The monoisotopic (exact) mass is 399 g/mol. The lowest BCUT2D eigenvalue weighted by Crippen LogP contribution is -2.27. The van der Waals surface area contributed by atoms with Crippen molar-refractivity contribution in [3.8, 4) is 11.4 Å². The van der Waals surface area contributed by atoms with Gasteiger partial charge in [0.2, 0.25) is 5.91 Å². The van der Waals surface area contributed by atoms with E-state index in [0.717, 1.165) is 10.9 Å². The van der Waals surface area contributed by atoms with Crippen LogP contribution in [0.3, 0.4) is 0 Å². The van der Waals surface area contributed by atoms with Gasteiger partial charge < -0.3 is 5.32 Å². The number of aromatic amines is 1. The van der Waals surface area contributed by atoms with Crippen molar-refractivity contribution >= 4 is 44.7 Å². The molecule has 0 aliphatic heterocycles. The number of hydrogen-bond acceptors (Lipinski definition) is 5. The molecular formula is C18H14ClN5O2S. The summed E-state index contributed by atoms with van der Waals surface area (Å²) in [6.07, 6.45) is 1.38. The molecule has 3 heterocycles. The first-order valence-electron chi connectivity index (χ1n) is 8.06. The van der Waals surface area contributed by atoms with Gasteiger partial charge in [-0.15, -0.1) is 11.3 Å². The normalized spacial score (nSPS) is 11.0. The molecule has 0 atom stereocenters. The number of rotatable bonds is 4. The van der Waals surface area contributed by atoms with E-state index in [2.05, 4.69) is 20.5 Å². The average Bonchev–Trinajstić information content (AvgIpc) is 3.27. The van der Waals surface area contributed by atoms with Crippen LogP contribution >= 0.6 is 22.9 Å². The molecule has 4 aromatic rings. The van der Waals surface area contributed by atoms with E-state index in [9.17, 15) is 9.59 Å². The Morgan fingerprint density at radius 1 is 1.30 bits per heavy atom. The van der Waals surface area contributed by atoms with Gasteiger partial charge in [0.15, 0.2) is 5.82 Å². The minimum Gasteiger partial charge on any atom is -0.315 e. The maximum atomic E-state index is 12.6. The molecule has 0 spiro atoms. The second-order valence-corrected chi connectivity index (χ2v) is 7.68. The predicted octanol–water partition coefficient (Wildman–Crippen LogP) is 3.45. The molecule has 1 amide bonds. The molecule has 27 heavy (non-hydrogen) atoms. The molecule has 1 aromatic carbocycles. The van der Waals surface area contributed by atoms with Gasteiger partial charge >= 0.3 is 0 Å². The summed E-state index contributed by atoms with van der Waals surface area (Å²) >= 11 is 7.31. The molecule has 0 radical (unpaired) electrons. The van der Waals surface area contributed by atoms with Crippen molar-refractivity contribution in [2.75, 3.05) is 5.32 Å². The maximum absolute atomic E-state index is 12.6. The third-order valence-corrected chi connectivity index (χ3v) is 5.25. The van der Waals surface area contributed by atoms with Crippen LogP contribution < -0.4 is 10.9 Å². The number of amides is 1. The third-order valence-electron chi connectivity index (χ3n) is 4.07. The number of carbonyl (C=O) groups is 1. The van der Waals surface area contributed by atoms with E-state index < -0.39 is 0 Å². The molecule has 7 nitrogen and oxygen atoms in total. The fourth-order valence-electron chi connectivity index (χ4n) is 2.86. The highest BCUT2D eigenvalue weighted by molar-refractivity contribution is 7.20. The number of nitrogens with zero attached hydrogens (tertiary/aromatic N) is 3. The lowest BCUT2D eigenvalue weighted by atomic mass is 10.1. The topological polar surface area (TPSA) is 92.7 Å². The van der Waals surface area contributed by atoms with E-state index in [1.807, 2.05) is 25.1 Å². The van der Waals surface area contributed by atoms with Crippen molar-refractivity contribution in [3.05, 3.63) is 63.0 Å². The quantitative estimate of drug-likeness (QED) is 0.549. The lowest BCUT2D eigenvalue weighted by Gasteiger charge is -2.11. The largest absolute Gasteiger partial charge is 0.315 e. The van der Waals surface area contributed by atoms with E-state index in [4.69, 9.17) is 11.6 Å². The summed E-state index contributed by atoms with van der Waals surface area (Å²) in [7, 11) is 0. The molecule has 0 saturated carbocycles. The minimum atomic E-state index is -0.329. The van der Waals surface area contributed by atoms with Crippen LogP contribution in [0.15, 0.2) is 47.5 Å². The van der Waals surface area contributed by atoms with Gasteiger partial charge in [-0.25, -0.2) is 4.98 Å². The van der Waals surface area contributed by atoms with E-state index in [0.29, 0.717) is 26.2 Å². The zero-order valence-electron chi connectivity index (χ0n) is 14.2. The molecule has 0 bridgehead atoms. The molecule has 136 valence electrons. The Hall–Kier alpha value is -2.97. The molecule has 2 N–H and O–H groups in total. The first kappa shape index (κ1) is 17.4. The fraction of sp³-hybridized carbons (Fsp3) is 0.111. The number of nitrogens with one attached hydrogen (secondary N) is 2. The SMILES string of the molecule is Cc1ccc2c(ccc(=O)n2CC(=O)Nc2sc(Cl)cc2-c2ncn[nH]2)c1. The van der Waals surface area contributed by atoms with Crippen molar-refractivity contribution in [3.63, 3.8) is 0 Å². The molecule has 0 unspecified atom stereocenters. The van der Waals surface area contributed by atoms with Crippen LogP contribution in [-0.4, -0.2) is 25.7 Å². The Morgan fingerprint density at radius 3 is 2.93 bits per heavy atom. The van der Waals surface area contributed by atoms with E-state index in [1.165, 1.54) is 28.3 Å². The third kappa shape index (κ3) is 3.49. The first-order valence-corrected chi connectivity index (χ1v) is 9.26. The highest BCUT2D eigenvalue weighted by Crippen LogP contribution is 2.37. The standard InChI is InChI=1S/C18H14ClN5O2S/c1-10-2-4-13-11(6-10)3-5-16(26)24(13)8-15(25)22-18-12(7-14(19)27-18)17-20-9-21-23-17/h2-7,9H,8H2,1H3,(H,22,25)(H,20,21,23). The van der Waals surface area contributed by atoms with Gasteiger partial charge in [0.05, 0.1) is 15.4 Å². The second-order valence-electron chi connectivity index (χ2n) is 6.00. The predicted molar refractivity (Wildman–Crippen MR) is 106 cm³/mol. The summed E-state index contributed by atoms with van der Waals surface area (Å²) in [5.41, 5.74) is 2.21. The van der Waals surface area contributed by atoms with E-state index in [1.54, 1.807) is 12.1 Å². The van der Waals surface area contributed by atoms with Crippen molar-refractivity contribution in [2.24, 2.45) is 0 Å². The first-order chi connectivity index (χ1) is 13.0. The zero-order chi connectivity index (χ0) is 19.0. The Balaban J connectivity index is 1.64. The summed E-state index contributed by atoms with van der Waals surface area (Å²) in [4.78, 5) is 29.0. The number of thiophene rings is 1. The van der Waals surface area contributed by atoms with Crippen LogP contribution in [0.25, 0.3) is 22.3 Å². The van der Waals surface area contributed by atoms with Crippen LogP contribution in [0.2, 0.25) is 4.34 Å². The van der Waals surface area contributed by atoms with Crippen LogP contribution in [-0.2, 0) is 11.3 Å². The van der Waals surface area contributed by atoms with Gasteiger partial charge in [0, 0.05) is 6.07 Å². The van der Waals surface area contributed by atoms with Crippen LogP contribution in [0.4, 0.5) is 5.00 Å². The number of H-pyrrole nitrogens is 1. The van der Waals surface area contributed by atoms with Gasteiger partial charge in [-0.1, -0.05) is 23.2 Å². The molecular weight excluding hydrogens is 386 g/mol. The molecule has 3 aromatic heterocycles. The summed E-state index contributed by atoms with van der Waals surface area (Å²) in [5, 5.41) is 10.8. The minimum absolute atomic E-state index is 0.107. The second kappa shape index (κ2) is 6.98. The van der Waals surface area contributed by atoms with E-state index >= 15 is 0 Å². The maximum Gasteiger partial charge on any atom is 0.251 e. The number of halogens is 1. The van der Waals surface area contributed by atoms with Gasteiger partial charge in [0.25, 0.3) is 5.56 Å². The average molecular weight is 400 g/mol. The number of hydrogen-bond donors (Lipinski definition) is 2. The number of fused-ring (bicyclic) bond motifs is 1. The van der Waals surface area contributed by atoms with Crippen molar-refractivity contribution in [1.82, 2.24) is 19.7 Å². The highest BCUT2D eigenvalue weighted by atomic mass is 35.5. The number of aryl methyl sites for hydroxylation is 1. The van der Waals surface area contributed by atoms with Gasteiger partial charge in [-0.3, -0.25) is 19.3 Å². The Kier molecular flexibility index (Phi) is 4.51. The smallest absolute Gasteiger partial charge is 0.251 e. The molecule has 0 aliphatic carbocycles. The number of carbonyl (C=O) groups excluding carboxylic acids is 1. The van der Waals surface area contributed by atoms with Gasteiger partial charge in [0.1, 0.15) is 17.9 Å². The number of pyridine rings is 1.